The molecule has 194 valence electrons. The minimum atomic E-state index is -0.833. The van der Waals surface area contributed by atoms with E-state index in [1.165, 1.54) is 0 Å². The molecule has 1 heterocycles. The van der Waals surface area contributed by atoms with E-state index in [-0.39, 0.29) is 42.3 Å². The SMILES string of the molecule is CCCC[C@H](C)[C@@H]1CC(=O)N[C@@H](Cc2ccccc2)C(=O)N[C@@H](C)C(=O)N[C@H](CC(C)C)C(=O)C1. The van der Waals surface area contributed by atoms with Crippen LogP contribution in [0.2, 0.25) is 0 Å². The number of ketones is 1. The number of carbonyl (C=O) groups excluding carboxylic acids is 4. The first kappa shape index (κ1) is 28.5. The molecule has 3 N–H and O–H groups in total. The van der Waals surface area contributed by atoms with Gasteiger partial charge in [-0.05, 0) is 36.7 Å². The number of nitrogens with one attached hydrogen (secondary N) is 3. The summed E-state index contributed by atoms with van der Waals surface area (Å²) < 4.78 is 0. The number of benzene rings is 1. The van der Waals surface area contributed by atoms with Crippen molar-refractivity contribution < 1.29 is 19.2 Å². The van der Waals surface area contributed by atoms with E-state index in [1.54, 1.807) is 6.92 Å². The second-order valence-electron chi connectivity index (χ2n) is 10.5. The first-order valence-electron chi connectivity index (χ1n) is 13.1. The first-order valence-corrected chi connectivity index (χ1v) is 13.1. The Hall–Kier alpha value is -2.70. The van der Waals surface area contributed by atoms with Gasteiger partial charge in [-0.2, -0.15) is 0 Å². The Labute approximate surface area is 210 Å². The Balaban J connectivity index is 2.35. The highest BCUT2D eigenvalue weighted by molar-refractivity contribution is 5.95. The molecule has 1 aromatic carbocycles. The molecule has 2 rings (SSSR count). The number of carbonyl (C=O) groups is 4. The van der Waals surface area contributed by atoms with Crippen molar-refractivity contribution in [2.75, 3.05) is 0 Å². The number of Topliss-reactive ketones (excluding diaryl/α,β-unsaturated/α-hetero) is 1. The van der Waals surface area contributed by atoms with E-state index in [0.29, 0.717) is 12.8 Å². The zero-order valence-corrected chi connectivity index (χ0v) is 21.9. The van der Waals surface area contributed by atoms with Crippen LogP contribution in [-0.2, 0) is 25.6 Å². The lowest BCUT2D eigenvalue weighted by Crippen LogP contribution is -2.55. The Kier molecular flexibility index (Phi) is 11.4. The fourth-order valence-electron chi connectivity index (χ4n) is 4.61. The third-order valence-corrected chi connectivity index (χ3v) is 6.83. The first-order chi connectivity index (χ1) is 16.6. The monoisotopic (exact) mass is 485 g/mol. The molecule has 7 nitrogen and oxygen atoms in total. The van der Waals surface area contributed by atoms with Gasteiger partial charge >= 0.3 is 0 Å². The van der Waals surface area contributed by atoms with Crippen molar-refractivity contribution in [3.63, 3.8) is 0 Å². The molecule has 1 aliphatic rings. The number of hydrogen-bond acceptors (Lipinski definition) is 4. The van der Waals surface area contributed by atoms with Crippen molar-refractivity contribution in [2.45, 2.75) is 97.7 Å². The molecule has 3 amide bonds. The zero-order chi connectivity index (χ0) is 26.0. The van der Waals surface area contributed by atoms with Crippen molar-refractivity contribution in [2.24, 2.45) is 17.8 Å². The lowest BCUT2D eigenvalue weighted by molar-refractivity contribution is -0.132. The molecule has 0 aliphatic carbocycles. The van der Waals surface area contributed by atoms with E-state index < -0.39 is 29.9 Å². The highest BCUT2D eigenvalue weighted by atomic mass is 16.2. The van der Waals surface area contributed by atoms with Crippen molar-refractivity contribution >= 4 is 23.5 Å². The van der Waals surface area contributed by atoms with Gasteiger partial charge in [0.15, 0.2) is 5.78 Å². The molecule has 5 atom stereocenters. The lowest BCUT2D eigenvalue weighted by atomic mass is 9.81. The molecule has 0 bridgehead atoms. The normalized spacial score (nSPS) is 25.5. The van der Waals surface area contributed by atoms with Crippen LogP contribution in [-0.4, -0.2) is 41.6 Å². The summed E-state index contributed by atoms with van der Waals surface area (Å²) in [4.78, 5) is 52.5. The van der Waals surface area contributed by atoms with Gasteiger partial charge in [0, 0.05) is 19.3 Å². The summed E-state index contributed by atoms with van der Waals surface area (Å²) >= 11 is 0. The summed E-state index contributed by atoms with van der Waals surface area (Å²) in [6.45, 7) is 9.83. The minimum absolute atomic E-state index is 0.0493. The molecular formula is C28H43N3O4. The van der Waals surface area contributed by atoms with Crippen LogP contribution in [0.1, 0.15) is 78.7 Å². The van der Waals surface area contributed by atoms with Crippen molar-refractivity contribution in [1.82, 2.24) is 16.0 Å². The van der Waals surface area contributed by atoms with Gasteiger partial charge in [0.25, 0.3) is 0 Å². The van der Waals surface area contributed by atoms with E-state index in [0.717, 1.165) is 24.8 Å². The van der Waals surface area contributed by atoms with Crippen molar-refractivity contribution in [3.8, 4) is 0 Å². The lowest BCUT2D eigenvalue weighted by Gasteiger charge is -2.26. The summed E-state index contributed by atoms with van der Waals surface area (Å²) in [5.74, 6) is -0.868. The molecule has 1 aromatic rings. The summed E-state index contributed by atoms with van der Waals surface area (Å²) in [7, 11) is 0. The second kappa shape index (κ2) is 14.0. The maximum absolute atomic E-state index is 13.3. The molecular weight excluding hydrogens is 442 g/mol. The number of amides is 3. The smallest absolute Gasteiger partial charge is 0.243 e. The molecule has 0 radical (unpaired) electrons. The standard InChI is InChI=1S/C28H43N3O4/c1-6-7-11-19(4)22-16-25(32)23(14-18(2)3)31-27(34)20(5)29-28(35)24(30-26(33)17-22)15-21-12-9-8-10-13-21/h8-10,12-13,18-20,22-24H,6-7,11,14-17H2,1-5H3,(H,29,35)(H,30,33)(H,31,34)/t19-,20-,22-,23+,24-/m0/s1. The van der Waals surface area contributed by atoms with Crippen LogP contribution in [0.15, 0.2) is 30.3 Å². The number of rotatable bonds is 8. The third-order valence-electron chi connectivity index (χ3n) is 6.83. The Morgan fingerprint density at radius 2 is 1.57 bits per heavy atom. The Morgan fingerprint density at radius 3 is 2.20 bits per heavy atom. The van der Waals surface area contributed by atoms with E-state index in [2.05, 4.69) is 29.8 Å². The Morgan fingerprint density at radius 1 is 0.886 bits per heavy atom. The van der Waals surface area contributed by atoms with Crippen LogP contribution in [0.4, 0.5) is 0 Å². The molecule has 1 saturated heterocycles. The summed E-state index contributed by atoms with van der Waals surface area (Å²) in [5.41, 5.74) is 0.911. The molecule has 1 fully saturated rings. The van der Waals surface area contributed by atoms with Gasteiger partial charge in [-0.25, -0.2) is 0 Å². The van der Waals surface area contributed by atoms with Crippen molar-refractivity contribution in [3.05, 3.63) is 35.9 Å². The fraction of sp³-hybridized carbons (Fsp3) is 0.643. The molecule has 1 aliphatic heterocycles. The number of unbranched alkanes of at least 4 members (excludes halogenated alkanes) is 1. The molecule has 0 aromatic heterocycles. The molecule has 0 spiro atoms. The van der Waals surface area contributed by atoms with Gasteiger partial charge in [0.05, 0.1) is 6.04 Å². The highest BCUT2D eigenvalue weighted by Gasteiger charge is 2.32. The average molecular weight is 486 g/mol. The number of hydrogen-bond donors (Lipinski definition) is 3. The zero-order valence-electron chi connectivity index (χ0n) is 21.9. The van der Waals surface area contributed by atoms with E-state index in [1.807, 2.05) is 44.2 Å². The molecule has 0 saturated carbocycles. The predicted octanol–water partition coefficient (Wildman–Crippen LogP) is 3.55. The summed E-state index contributed by atoms with van der Waals surface area (Å²) in [5, 5.41) is 8.50. The third kappa shape index (κ3) is 9.46. The van der Waals surface area contributed by atoms with Gasteiger partial charge < -0.3 is 16.0 Å². The molecule has 7 heteroatoms. The minimum Gasteiger partial charge on any atom is -0.345 e. The molecule has 35 heavy (non-hydrogen) atoms. The van der Waals surface area contributed by atoms with Gasteiger partial charge in [0.1, 0.15) is 12.1 Å². The summed E-state index contributed by atoms with van der Waals surface area (Å²) in [6, 6.07) is 7.20. The van der Waals surface area contributed by atoms with Crippen LogP contribution in [0.25, 0.3) is 0 Å². The highest BCUT2D eigenvalue weighted by Crippen LogP contribution is 2.26. The predicted molar refractivity (Wildman–Crippen MR) is 137 cm³/mol. The maximum Gasteiger partial charge on any atom is 0.243 e. The van der Waals surface area contributed by atoms with Crippen LogP contribution < -0.4 is 16.0 Å². The van der Waals surface area contributed by atoms with Gasteiger partial charge in [-0.1, -0.05) is 77.3 Å². The van der Waals surface area contributed by atoms with Crippen LogP contribution in [0, 0.1) is 17.8 Å². The maximum atomic E-state index is 13.3. The van der Waals surface area contributed by atoms with Crippen LogP contribution in [0.5, 0.6) is 0 Å². The van der Waals surface area contributed by atoms with Crippen molar-refractivity contribution in [1.29, 1.82) is 0 Å². The van der Waals surface area contributed by atoms with E-state index in [4.69, 9.17) is 0 Å². The average Bonchev–Trinajstić information content (AvgIpc) is 2.81. The van der Waals surface area contributed by atoms with Gasteiger partial charge in [-0.15, -0.1) is 0 Å². The van der Waals surface area contributed by atoms with Gasteiger partial charge in [-0.3, -0.25) is 19.2 Å². The largest absolute Gasteiger partial charge is 0.345 e. The topological polar surface area (TPSA) is 104 Å². The van der Waals surface area contributed by atoms with Crippen LogP contribution >= 0.6 is 0 Å². The van der Waals surface area contributed by atoms with E-state index in [9.17, 15) is 19.2 Å². The second-order valence-corrected chi connectivity index (χ2v) is 10.5. The van der Waals surface area contributed by atoms with Crippen LogP contribution in [0.3, 0.4) is 0 Å². The van der Waals surface area contributed by atoms with Gasteiger partial charge in [0.2, 0.25) is 17.7 Å². The quantitative estimate of drug-likeness (QED) is 0.524. The summed E-state index contributed by atoms with van der Waals surface area (Å²) in [6.07, 6.45) is 4.23. The van der Waals surface area contributed by atoms with E-state index >= 15 is 0 Å². The Bertz CT molecular complexity index is 855. The molecule has 0 unspecified atom stereocenters. The fourth-order valence-corrected chi connectivity index (χ4v) is 4.61.